The Morgan fingerprint density at radius 2 is 2.06 bits per heavy atom. The fourth-order valence-electron chi connectivity index (χ4n) is 2.05. The van der Waals surface area contributed by atoms with E-state index in [0.29, 0.717) is 18.5 Å². The summed E-state index contributed by atoms with van der Waals surface area (Å²) in [5.74, 6) is 0.0668. The van der Waals surface area contributed by atoms with Crippen LogP contribution in [0.2, 0.25) is 0 Å². The molecule has 1 heterocycles. The van der Waals surface area contributed by atoms with Crippen LogP contribution in [-0.4, -0.2) is 36.2 Å². The summed E-state index contributed by atoms with van der Waals surface area (Å²) >= 11 is 0. The Bertz CT molecular complexity index is 584. The van der Waals surface area contributed by atoms with Crippen molar-refractivity contribution in [2.75, 3.05) is 14.1 Å². The Kier molecular flexibility index (Phi) is 3.46. The fraction of sp³-hybridized carbons (Fsp3) is 0.286. The molecule has 1 aromatic carbocycles. The van der Waals surface area contributed by atoms with Gasteiger partial charge >= 0.3 is 0 Å². The number of nitrogens with zero attached hydrogens (tertiary/aromatic N) is 1. The minimum Gasteiger partial charge on any atom is -0.352 e. The SMILES string of the molecule is CN(C)C(=O)CCc1c(C=O)[nH]c2ccccc12. The monoisotopic (exact) mass is 244 g/mol. The number of carbonyl (C=O) groups is 2. The molecule has 0 atom stereocenters. The summed E-state index contributed by atoms with van der Waals surface area (Å²) in [6.07, 6.45) is 1.81. The van der Waals surface area contributed by atoms with Crippen LogP contribution < -0.4 is 0 Å². The normalized spacial score (nSPS) is 10.6. The first-order valence-corrected chi connectivity index (χ1v) is 5.88. The molecular weight excluding hydrogens is 228 g/mol. The highest BCUT2D eigenvalue weighted by atomic mass is 16.2. The van der Waals surface area contributed by atoms with Gasteiger partial charge in [-0.25, -0.2) is 0 Å². The summed E-state index contributed by atoms with van der Waals surface area (Å²) in [6, 6.07) is 7.75. The van der Waals surface area contributed by atoms with E-state index in [0.717, 1.165) is 22.8 Å². The molecular formula is C14H16N2O2. The van der Waals surface area contributed by atoms with Gasteiger partial charge in [0.1, 0.15) is 0 Å². The molecule has 4 heteroatoms. The number of fused-ring (bicyclic) bond motifs is 1. The Hall–Kier alpha value is -2.10. The number of aromatic nitrogens is 1. The third kappa shape index (κ3) is 2.27. The summed E-state index contributed by atoms with van der Waals surface area (Å²) in [4.78, 5) is 27.3. The minimum atomic E-state index is 0.0668. The number of benzene rings is 1. The van der Waals surface area contributed by atoms with E-state index in [4.69, 9.17) is 0 Å². The number of aromatic amines is 1. The van der Waals surface area contributed by atoms with E-state index >= 15 is 0 Å². The predicted octanol–water partition coefficient (Wildman–Crippen LogP) is 2.00. The number of aldehydes is 1. The van der Waals surface area contributed by atoms with Crippen molar-refractivity contribution in [1.29, 1.82) is 0 Å². The van der Waals surface area contributed by atoms with Crippen LogP contribution in [0.4, 0.5) is 0 Å². The molecule has 2 rings (SSSR count). The second kappa shape index (κ2) is 5.04. The Morgan fingerprint density at radius 3 is 2.72 bits per heavy atom. The topological polar surface area (TPSA) is 53.2 Å². The Morgan fingerprint density at radius 1 is 1.33 bits per heavy atom. The maximum Gasteiger partial charge on any atom is 0.222 e. The van der Waals surface area contributed by atoms with Gasteiger partial charge in [-0.3, -0.25) is 9.59 Å². The summed E-state index contributed by atoms with van der Waals surface area (Å²) in [7, 11) is 3.47. The van der Waals surface area contributed by atoms with Crippen LogP contribution in [0.25, 0.3) is 10.9 Å². The van der Waals surface area contributed by atoms with E-state index in [2.05, 4.69) is 4.98 Å². The molecule has 0 fully saturated rings. The van der Waals surface area contributed by atoms with E-state index in [9.17, 15) is 9.59 Å². The van der Waals surface area contributed by atoms with E-state index in [1.165, 1.54) is 0 Å². The number of para-hydroxylation sites is 1. The van der Waals surface area contributed by atoms with Crippen LogP contribution in [0, 0.1) is 0 Å². The van der Waals surface area contributed by atoms with E-state index < -0.39 is 0 Å². The van der Waals surface area contributed by atoms with Crippen LogP contribution >= 0.6 is 0 Å². The van der Waals surface area contributed by atoms with E-state index in [1.54, 1.807) is 19.0 Å². The van der Waals surface area contributed by atoms with Crippen molar-refractivity contribution in [2.24, 2.45) is 0 Å². The van der Waals surface area contributed by atoms with Gasteiger partial charge in [-0.15, -0.1) is 0 Å². The van der Waals surface area contributed by atoms with Gasteiger partial charge in [0, 0.05) is 31.4 Å². The molecule has 0 spiro atoms. The van der Waals surface area contributed by atoms with Gasteiger partial charge in [0.05, 0.1) is 5.69 Å². The molecule has 0 aliphatic rings. The van der Waals surface area contributed by atoms with Crippen LogP contribution in [0.3, 0.4) is 0 Å². The first-order valence-electron chi connectivity index (χ1n) is 5.88. The van der Waals surface area contributed by atoms with Crippen LogP contribution in [0.15, 0.2) is 24.3 Å². The van der Waals surface area contributed by atoms with Crippen LogP contribution in [0.1, 0.15) is 22.5 Å². The number of carbonyl (C=O) groups excluding carboxylic acids is 2. The number of H-pyrrole nitrogens is 1. The Balaban J connectivity index is 2.31. The lowest BCUT2D eigenvalue weighted by molar-refractivity contribution is -0.128. The lowest BCUT2D eigenvalue weighted by Crippen LogP contribution is -2.21. The first-order chi connectivity index (χ1) is 8.63. The van der Waals surface area contributed by atoms with Gasteiger partial charge in [-0.05, 0) is 18.1 Å². The minimum absolute atomic E-state index is 0.0668. The number of nitrogens with one attached hydrogen (secondary N) is 1. The molecule has 0 aliphatic heterocycles. The van der Waals surface area contributed by atoms with Crippen molar-refractivity contribution in [2.45, 2.75) is 12.8 Å². The van der Waals surface area contributed by atoms with Gasteiger partial charge in [-0.1, -0.05) is 18.2 Å². The second-order valence-corrected chi connectivity index (χ2v) is 4.47. The zero-order chi connectivity index (χ0) is 13.1. The number of rotatable bonds is 4. The molecule has 0 aliphatic carbocycles. The van der Waals surface area contributed by atoms with E-state index in [1.807, 2.05) is 24.3 Å². The number of aryl methyl sites for hydroxylation is 1. The number of hydrogen-bond acceptors (Lipinski definition) is 2. The smallest absolute Gasteiger partial charge is 0.222 e. The molecule has 0 saturated carbocycles. The summed E-state index contributed by atoms with van der Waals surface area (Å²) < 4.78 is 0. The molecule has 0 radical (unpaired) electrons. The zero-order valence-electron chi connectivity index (χ0n) is 10.6. The zero-order valence-corrected chi connectivity index (χ0v) is 10.6. The first kappa shape index (κ1) is 12.4. The molecule has 4 nitrogen and oxygen atoms in total. The van der Waals surface area contributed by atoms with E-state index in [-0.39, 0.29) is 5.91 Å². The third-order valence-corrected chi connectivity index (χ3v) is 3.05. The number of amides is 1. The van der Waals surface area contributed by atoms with Crippen molar-refractivity contribution in [3.05, 3.63) is 35.5 Å². The molecule has 0 unspecified atom stereocenters. The van der Waals surface area contributed by atoms with Crippen molar-refractivity contribution in [3.8, 4) is 0 Å². The van der Waals surface area contributed by atoms with Crippen LogP contribution in [0.5, 0.6) is 0 Å². The molecule has 1 amide bonds. The molecule has 2 aromatic rings. The molecule has 18 heavy (non-hydrogen) atoms. The van der Waals surface area contributed by atoms with Crippen molar-refractivity contribution >= 4 is 23.1 Å². The van der Waals surface area contributed by atoms with Crippen molar-refractivity contribution in [3.63, 3.8) is 0 Å². The average Bonchev–Trinajstić information content (AvgIpc) is 2.73. The maximum absolute atomic E-state index is 11.6. The maximum atomic E-state index is 11.6. The molecule has 0 saturated heterocycles. The highest BCUT2D eigenvalue weighted by Crippen LogP contribution is 2.22. The highest BCUT2D eigenvalue weighted by Gasteiger charge is 2.12. The Labute approximate surface area is 106 Å². The van der Waals surface area contributed by atoms with Gasteiger partial charge in [0.2, 0.25) is 5.91 Å². The molecule has 1 aromatic heterocycles. The quantitative estimate of drug-likeness (QED) is 0.836. The number of hydrogen-bond donors (Lipinski definition) is 1. The molecule has 0 bridgehead atoms. The predicted molar refractivity (Wildman–Crippen MR) is 70.7 cm³/mol. The second-order valence-electron chi connectivity index (χ2n) is 4.47. The molecule has 94 valence electrons. The molecule has 1 N–H and O–H groups in total. The standard InChI is InChI=1S/C14H16N2O2/c1-16(2)14(18)8-7-11-10-5-3-4-6-12(10)15-13(11)9-17/h3-6,9,15H,7-8H2,1-2H3. The lowest BCUT2D eigenvalue weighted by Gasteiger charge is -2.09. The summed E-state index contributed by atoms with van der Waals surface area (Å²) in [5, 5.41) is 1.02. The average molecular weight is 244 g/mol. The van der Waals surface area contributed by atoms with Gasteiger partial charge in [0.25, 0.3) is 0 Å². The largest absolute Gasteiger partial charge is 0.352 e. The lowest BCUT2D eigenvalue weighted by atomic mass is 10.1. The van der Waals surface area contributed by atoms with Crippen molar-refractivity contribution in [1.82, 2.24) is 9.88 Å². The fourth-order valence-corrected chi connectivity index (χ4v) is 2.05. The summed E-state index contributed by atoms with van der Waals surface area (Å²) in [6.45, 7) is 0. The summed E-state index contributed by atoms with van der Waals surface area (Å²) in [5.41, 5.74) is 2.44. The van der Waals surface area contributed by atoms with Crippen LogP contribution in [-0.2, 0) is 11.2 Å². The van der Waals surface area contributed by atoms with Gasteiger partial charge < -0.3 is 9.88 Å². The highest BCUT2D eigenvalue weighted by molar-refractivity contribution is 5.92. The van der Waals surface area contributed by atoms with Gasteiger partial charge in [-0.2, -0.15) is 0 Å². The van der Waals surface area contributed by atoms with Gasteiger partial charge in [0.15, 0.2) is 6.29 Å². The third-order valence-electron chi connectivity index (χ3n) is 3.05. The van der Waals surface area contributed by atoms with Crippen molar-refractivity contribution < 1.29 is 9.59 Å².